The fraction of sp³-hybridized carbons (Fsp3) is 0.412. The largest absolute Gasteiger partial charge is 0.328 e. The van der Waals surface area contributed by atoms with Gasteiger partial charge in [0, 0.05) is 13.1 Å². The fourth-order valence-corrected chi connectivity index (χ4v) is 4.72. The van der Waals surface area contributed by atoms with Crippen LogP contribution in [0.5, 0.6) is 0 Å². The molecular formula is C17H21BrN2S. The van der Waals surface area contributed by atoms with Crippen LogP contribution >= 0.6 is 27.3 Å². The molecule has 0 saturated carbocycles. The Morgan fingerprint density at radius 2 is 2.19 bits per heavy atom. The van der Waals surface area contributed by atoms with Crippen molar-refractivity contribution in [2.45, 2.75) is 31.3 Å². The smallest absolute Gasteiger partial charge is 0.0701 e. The molecule has 1 heterocycles. The van der Waals surface area contributed by atoms with Crippen molar-refractivity contribution >= 4 is 27.3 Å². The van der Waals surface area contributed by atoms with Crippen molar-refractivity contribution in [1.29, 1.82) is 0 Å². The maximum absolute atomic E-state index is 6.26. The van der Waals surface area contributed by atoms with E-state index in [4.69, 9.17) is 5.73 Å². The second kappa shape index (κ2) is 6.21. The lowest BCUT2D eigenvalue weighted by Gasteiger charge is -2.45. The molecule has 0 saturated heterocycles. The van der Waals surface area contributed by atoms with Crippen LogP contribution in [0.25, 0.3) is 0 Å². The van der Waals surface area contributed by atoms with Crippen LogP contribution in [0, 0.1) is 0 Å². The summed E-state index contributed by atoms with van der Waals surface area (Å²) in [6.45, 7) is 1.61. The van der Waals surface area contributed by atoms with Crippen molar-refractivity contribution in [1.82, 2.24) is 4.90 Å². The number of nitrogens with two attached hydrogens (primary N) is 1. The molecule has 0 bridgehead atoms. The zero-order valence-electron chi connectivity index (χ0n) is 12.3. The Kier molecular flexibility index (Phi) is 4.50. The van der Waals surface area contributed by atoms with E-state index in [1.54, 1.807) is 11.3 Å². The van der Waals surface area contributed by atoms with Crippen LogP contribution in [0.15, 0.2) is 39.5 Å². The molecule has 0 radical (unpaired) electrons. The molecule has 21 heavy (non-hydrogen) atoms. The van der Waals surface area contributed by atoms with Crippen LogP contribution in [0.1, 0.15) is 29.5 Å². The molecular weight excluding hydrogens is 344 g/mol. The molecule has 1 aliphatic carbocycles. The van der Waals surface area contributed by atoms with E-state index in [0.29, 0.717) is 6.54 Å². The predicted octanol–water partition coefficient (Wildman–Crippen LogP) is 4.13. The minimum atomic E-state index is -0.0245. The van der Waals surface area contributed by atoms with E-state index in [0.717, 1.165) is 13.0 Å². The number of benzene rings is 1. The molecule has 1 aromatic heterocycles. The van der Waals surface area contributed by atoms with Crippen molar-refractivity contribution in [3.05, 3.63) is 56.2 Å². The van der Waals surface area contributed by atoms with E-state index in [1.807, 2.05) is 0 Å². The summed E-state index contributed by atoms with van der Waals surface area (Å²) in [5, 5.41) is 2.22. The van der Waals surface area contributed by atoms with Crippen LogP contribution in [0.3, 0.4) is 0 Å². The summed E-state index contributed by atoms with van der Waals surface area (Å²) < 4.78 is 1.19. The minimum absolute atomic E-state index is 0.0245. The molecule has 0 fully saturated rings. The van der Waals surface area contributed by atoms with Crippen molar-refractivity contribution in [3.8, 4) is 0 Å². The van der Waals surface area contributed by atoms with Gasteiger partial charge in [-0.1, -0.05) is 24.3 Å². The lowest BCUT2D eigenvalue weighted by Crippen LogP contribution is -2.50. The van der Waals surface area contributed by atoms with Gasteiger partial charge < -0.3 is 5.73 Å². The van der Waals surface area contributed by atoms with Crippen LogP contribution in [0.2, 0.25) is 0 Å². The summed E-state index contributed by atoms with van der Waals surface area (Å²) in [7, 11) is 2.21. The molecule has 112 valence electrons. The Hall–Kier alpha value is -0.680. The van der Waals surface area contributed by atoms with E-state index in [2.05, 4.69) is 63.6 Å². The number of thiophene rings is 1. The van der Waals surface area contributed by atoms with Gasteiger partial charge in [-0.05, 0) is 70.4 Å². The number of likely N-dealkylation sites (N-methyl/N-ethyl adjacent to an activating group) is 1. The van der Waals surface area contributed by atoms with Crippen LogP contribution in [-0.2, 0) is 18.5 Å². The minimum Gasteiger partial charge on any atom is -0.328 e. The predicted molar refractivity (Wildman–Crippen MR) is 93.6 cm³/mol. The Morgan fingerprint density at radius 1 is 1.38 bits per heavy atom. The summed E-state index contributed by atoms with van der Waals surface area (Å²) in [6.07, 6.45) is 3.53. The molecule has 3 rings (SSSR count). The number of rotatable bonds is 4. The monoisotopic (exact) mass is 364 g/mol. The van der Waals surface area contributed by atoms with Crippen LogP contribution in [0.4, 0.5) is 0 Å². The summed E-state index contributed by atoms with van der Waals surface area (Å²) >= 11 is 5.29. The molecule has 1 aromatic carbocycles. The van der Waals surface area contributed by atoms with Gasteiger partial charge in [0.05, 0.1) is 9.33 Å². The highest BCUT2D eigenvalue weighted by Gasteiger charge is 2.38. The summed E-state index contributed by atoms with van der Waals surface area (Å²) in [5.74, 6) is 0. The number of hydrogen-bond donors (Lipinski definition) is 1. The van der Waals surface area contributed by atoms with Gasteiger partial charge >= 0.3 is 0 Å². The molecule has 0 spiro atoms. The lowest BCUT2D eigenvalue weighted by atomic mass is 9.75. The number of fused-ring (bicyclic) bond motifs is 1. The van der Waals surface area contributed by atoms with Gasteiger partial charge in [0.15, 0.2) is 0 Å². The van der Waals surface area contributed by atoms with Gasteiger partial charge in [-0.15, -0.1) is 11.3 Å². The van der Waals surface area contributed by atoms with Crippen LogP contribution in [-0.4, -0.2) is 18.5 Å². The molecule has 2 N–H and O–H groups in total. The third kappa shape index (κ3) is 2.82. The first-order valence-corrected chi connectivity index (χ1v) is 9.05. The van der Waals surface area contributed by atoms with Gasteiger partial charge in [0.1, 0.15) is 0 Å². The zero-order valence-corrected chi connectivity index (χ0v) is 14.7. The summed E-state index contributed by atoms with van der Waals surface area (Å²) in [4.78, 5) is 2.44. The third-order valence-corrected chi connectivity index (χ3v) is 6.22. The molecule has 1 unspecified atom stereocenters. The highest BCUT2D eigenvalue weighted by molar-refractivity contribution is 9.11. The standard InChI is InChI=1S/C17H21BrN2S/c1-20(10-13-9-16(18)21-11-13)17(12-19)8-4-6-14-5-2-3-7-15(14)17/h2-3,5,7,9,11H,4,6,8,10,12,19H2,1H3. The molecule has 1 atom stereocenters. The first kappa shape index (κ1) is 15.2. The third-order valence-electron chi connectivity index (χ3n) is 4.67. The Morgan fingerprint density at radius 3 is 2.90 bits per heavy atom. The molecule has 0 amide bonds. The molecule has 0 aliphatic heterocycles. The maximum Gasteiger partial charge on any atom is 0.0701 e. The van der Waals surface area contributed by atoms with Crippen molar-refractivity contribution in [3.63, 3.8) is 0 Å². The maximum atomic E-state index is 6.26. The van der Waals surface area contributed by atoms with Crippen molar-refractivity contribution in [2.75, 3.05) is 13.6 Å². The average molecular weight is 365 g/mol. The van der Waals surface area contributed by atoms with Crippen molar-refractivity contribution in [2.24, 2.45) is 5.73 Å². The first-order valence-electron chi connectivity index (χ1n) is 7.38. The zero-order chi connectivity index (χ0) is 14.9. The first-order chi connectivity index (χ1) is 10.2. The summed E-state index contributed by atoms with van der Waals surface area (Å²) in [5.41, 5.74) is 10.5. The van der Waals surface area contributed by atoms with E-state index in [1.165, 1.54) is 33.3 Å². The number of halogens is 1. The van der Waals surface area contributed by atoms with Gasteiger partial charge in [0.25, 0.3) is 0 Å². The molecule has 2 nitrogen and oxygen atoms in total. The Balaban J connectivity index is 1.93. The van der Waals surface area contributed by atoms with Crippen LogP contribution < -0.4 is 5.73 Å². The van der Waals surface area contributed by atoms with E-state index >= 15 is 0 Å². The topological polar surface area (TPSA) is 29.3 Å². The lowest BCUT2D eigenvalue weighted by molar-refractivity contribution is 0.0960. The highest BCUT2D eigenvalue weighted by atomic mass is 79.9. The highest BCUT2D eigenvalue weighted by Crippen LogP contribution is 2.39. The number of aryl methyl sites for hydroxylation is 1. The second-order valence-corrected chi connectivity index (χ2v) is 8.15. The van der Waals surface area contributed by atoms with E-state index in [9.17, 15) is 0 Å². The molecule has 4 heteroatoms. The van der Waals surface area contributed by atoms with Gasteiger partial charge in [0.2, 0.25) is 0 Å². The molecule has 2 aromatic rings. The number of hydrogen-bond acceptors (Lipinski definition) is 3. The quantitative estimate of drug-likeness (QED) is 0.883. The second-order valence-electron chi connectivity index (χ2n) is 5.86. The molecule has 1 aliphatic rings. The van der Waals surface area contributed by atoms with E-state index < -0.39 is 0 Å². The SMILES string of the molecule is CN(Cc1csc(Br)c1)C1(CN)CCCc2ccccc21. The van der Waals surface area contributed by atoms with Gasteiger partial charge in [-0.25, -0.2) is 0 Å². The average Bonchev–Trinajstić information content (AvgIpc) is 2.91. The van der Waals surface area contributed by atoms with E-state index in [-0.39, 0.29) is 5.54 Å². The summed E-state index contributed by atoms with van der Waals surface area (Å²) in [6, 6.07) is 11.0. The Bertz CT molecular complexity index is 625. The normalized spacial score (nSPS) is 21.5. The number of nitrogens with zero attached hydrogens (tertiary/aromatic N) is 1. The van der Waals surface area contributed by atoms with Gasteiger partial charge in [-0.3, -0.25) is 4.90 Å². The fourth-order valence-electron chi connectivity index (χ4n) is 3.52. The Labute approximate surface area is 139 Å². The van der Waals surface area contributed by atoms with Gasteiger partial charge in [-0.2, -0.15) is 0 Å². The van der Waals surface area contributed by atoms with Crippen molar-refractivity contribution < 1.29 is 0 Å².